The van der Waals surface area contributed by atoms with Crippen molar-refractivity contribution < 1.29 is 14.4 Å². The van der Waals surface area contributed by atoms with Crippen molar-refractivity contribution in [3.63, 3.8) is 0 Å². The Hall–Kier alpha value is -3.31. The maximum absolute atomic E-state index is 12.3. The molecular weight excluding hydrogens is 410 g/mol. The second-order valence-corrected chi connectivity index (χ2v) is 8.43. The fraction of sp³-hybridized carbons (Fsp3) is 0.321. The molecule has 0 spiro atoms. The van der Waals surface area contributed by atoms with Crippen LogP contribution in [-0.4, -0.2) is 38.1 Å². The number of nitrogens with two attached hydrogens (primary N) is 1. The number of primary amides is 1. The lowest BCUT2D eigenvalue weighted by Crippen LogP contribution is -3.14. The van der Waals surface area contributed by atoms with Crippen molar-refractivity contribution in [2.75, 3.05) is 31.1 Å². The second-order valence-electron chi connectivity index (χ2n) is 8.43. The zero-order valence-electron chi connectivity index (χ0n) is 20.0. The van der Waals surface area contributed by atoms with E-state index in [1.54, 1.807) is 6.07 Å². The highest BCUT2D eigenvalue weighted by molar-refractivity contribution is 6.02. The number of likely N-dealkylation sites (N-methyl/N-ethyl adjacent to an activating group) is 1. The number of nitrogens with zero attached hydrogens (tertiary/aromatic N) is 1. The maximum atomic E-state index is 12.3. The topological polar surface area (TPSA) is 60.0 Å². The highest BCUT2D eigenvalue weighted by Gasteiger charge is 2.31. The molecule has 2 aromatic carbocycles. The summed E-state index contributed by atoms with van der Waals surface area (Å²) in [6.07, 6.45) is 6.61. The summed E-state index contributed by atoms with van der Waals surface area (Å²) in [7, 11) is 0. The Bertz CT molecular complexity index is 1140. The lowest BCUT2D eigenvalue weighted by atomic mass is 9.84. The quantitative estimate of drug-likeness (QED) is 0.654. The van der Waals surface area contributed by atoms with Crippen molar-refractivity contribution in [1.82, 2.24) is 0 Å². The molecule has 5 nitrogen and oxygen atoms in total. The highest BCUT2D eigenvalue weighted by atomic mass is 16.5. The number of nitrogens with one attached hydrogen (secondary N) is 1. The van der Waals surface area contributed by atoms with Crippen molar-refractivity contribution in [2.45, 2.75) is 33.7 Å². The van der Waals surface area contributed by atoms with Gasteiger partial charge < -0.3 is 20.3 Å². The number of carbonyl (C=O) groups excluding carboxylic acids is 1. The number of anilines is 1. The molecule has 0 saturated heterocycles. The van der Waals surface area contributed by atoms with Crippen LogP contribution in [0.5, 0.6) is 5.75 Å². The van der Waals surface area contributed by atoms with Gasteiger partial charge in [0, 0.05) is 53.2 Å². The molecule has 2 aromatic rings. The maximum Gasteiger partial charge on any atom is 0.249 e. The third kappa shape index (κ3) is 4.21. The van der Waals surface area contributed by atoms with Gasteiger partial charge in [0.1, 0.15) is 17.6 Å². The Balaban J connectivity index is 1.94. The Morgan fingerprint density at radius 3 is 2.42 bits per heavy atom. The van der Waals surface area contributed by atoms with Crippen LogP contribution in [0.15, 0.2) is 72.0 Å². The van der Waals surface area contributed by atoms with Gasteiger partial charge in [-0.2, -0.15) is 0 Å². The third-order valence-corrected chi connectivity index (χ3v) is 6.76. The summed E-state index contributed by atoms with van der Waals surface area (Å²) in [6, 6.07) is 14.2. The summed E-state index contributed by atoms with van der Waals surface area (Å²) in [6.45, 7) is 12.6. The van der Waals surface area contributed by atoms with Gasteiger partial charge in [-0.1, -0.05) is 18.2 Å². The molecule has 0 bridgehead atoms. The van der Waals surface area contributed by atoms with Crippen LogP contribution in [0.4, 0.5) is 5.69 Å². The van der Waals surface area contributed by atoms with Crippen LogP contribution in [0.1, 0.15) is 49.2 Å². The van der Waals surface area contributed by atoms with Crippen LogP contribution in [0.3, 0.4) is 0 Å². The molecule has 0 saturated carbocycles. The van der Waals surface area contributed by atoms with Crippen LogP contribution >= 0.6 is 0 Å². The smallest absolute Gasteiger partial charge is 0.249 e. The van der Waals surface area contributed by atoms with Gasteiger partial charge in [-0.25, -0.2) is 0 Å². The Kier molecular flexibility index (Phi) is 6.70. The fourth-order valence-corrected chi connectivity index (χ4v) is 4.92. The third-order valence-electron chi connectivity index (χ3n) is 6.76. The average molecular weight is 445 g/mol. The largest absolute Gasteiger partial charge is 0.456 e. The number of carbonyl (C=O) groups is 1. The number of quaternary nitrogens is 1. The Morgan fingerprint density at radius 1 is 1.03 bits per heavy atom. The minimum absolute atomic E-state index is 0.249. The monoisotopic (exact) mass is 444 g/mol. The van der Waals surface area contributed by atoms with E-state index < -0.39 is 5.91 Å². The summed E-state index contributed by atoms with van der Waals surface area (Å²) >= 11 is 0. The zero-order chi connectivity index (χ0) is 23.5. The SMILES string of the molecule is CCN(CC)c1ccc2c(c1)OC1=CC([NH+](CC)CC)C=CC1=C2c1ccccc1C(N)=O. The molecular formula is C28H34N3O2+. The van der Waals surface area contributed by atoms with E-state index in [9.17, 15) is 4.79 Å². The molecule has 1 atom stereocenters. The predicted octanol–water partition coefficient (Wildman–Crippen LogP) is 3.57. The van der Waals surface area contributed by atoms with E-state index in [-0.39, 0.29) is 6.04 Å². The summed E-state index contributed by atoms with van der Waals surface area (Å²) in [5.41, 5.74) is 11.2. The molecule has 1 unspecified atom stereocenters. The number of hydrogen-bond acceptors (Lipinski definition) is 3. The van der Waals surface area contributed by atoms with Gasteiger partial charge in [0.25, 0.3) is 0 Å². The lowest BCUT2D eigenvalue weighted by molar-refractivity contribution is -0.908. The van der Waals surface area contributed by atoms with Crippen molar-refractivity contribution in [3.05, 3.63) is 88.7 Å². The molecule has 1 aliphatic carbocycles. The van der Waals surface area contributed by atoms with Crippen LogP contribution in [0, 0.1) is 0 Å². The standard InChI is InChI=1S/C28H33N3O2/c1-5-30(6-2)19-13-15-23-25(17-19)33-26-18-20(31(7-3)8-4)14-16-24(26)27(23)21-11-9-10-12-22(21)28(29)32/h9-19H,5-8H2,1-4H3,(H2,29,32)/p+1. The lowest BCUT2D eigenvalue weighted by Gasteiger charge is -2.31. The first-order chi connectivity index (χ1) is 16.0. The van der Waals surface area contributed by atoms with Gasteiger partial charge in [0.15, 0.2) is 0 Å². The van der Waals surface area contributed by atoms with Gasteiger partial charge in [-0.15, -0.1) is 0 Å². The highest BCUT2D eigenvalue weighted by Crippen LogP contribution is 2.45. The van der Waals surface area contributed by atoms with Gasteiger partial charge >= 0.3 is 0 Å². The van der Waals surface area contributed by atoms with Crippen molar-refractivity contribution >= 4 is 17.2 Å². The predicted molar refractivity (Wildman–Crippen MR) is 135 cm³/mol. The molecule has 5 heteroatoms. The van der Waals surface area contributed by atoms with Crippen LogP contribution in [-0.2, 0) is 0 Å². The molecule has 1 heterocycles. The van der Waals surface area contributed by atoms with Gasteiger partial charge in [0.05, 0.1) is 13.1 Å². The number of allylic oxidation sites excluding steroid dienone is 1. The molecule has 4 rings (SSSR count). The average Bonchev–Trinajstić information content (AvgIpc) is 2.84. The minimum atomic E-state index is -0.428. The van der Waals surface area contributed by atoms with Gasteiger partial charge in [0.2, 0.25) is 5.91 Å². The summed E-state index contributed by atoms with van der Waals surface area (Å²) < 4.78 is 6.53. The Labute approximate surface area is 196 Å². The Morgan fingerprint density at radius 2 is 1.76 bits per heavy atom. The van der Waals surface area contributed by atoms with E-state index in [1.807, 2.05) is 18.2 Å². The van der Waals surface area contributed by atoms with Gasteiger partial charge in [-0.3, -0.25) is 4.79 Å². The molecule has 0 fully saturated rings. The molecule has 172 valence electrons. The van der Waals surface area contributed by atoms with Crippen LogP contribution in [0.25, 0.3) is 5.57 Å². The molecule has 3 N–H and O–H groups in total. The number of ether oxygens (including phenoxy) is 1. The number of rotatable bonds is 8. The molecule has 1 amide bonds. The normalized spacial score (nSPS) is 16.8. The van der Waals surface area contributed by atoms with Crippen LogP contribution < -0.4 is 20.3 Å². The van der Waals surface area contributed by atoms with Gasteiger partial charge in [-0.05, 0) is 63.6 Å². The summed E-state index contributed by atoms with van der Waals surface area (Å²) in [5.74, 6) is 1.23. The number of hydrogen-bond donors (Lipinski definition) is 2. The molecule has 0 aromatic heterocycles. The second kappa shape index (κ2) is 9.67. The number of amides is 1. The molecule has 2 aliphatic rings. The summed E-state index contributed by atoms with van der Waals surface area (Å²) in [4.78, 5) is 16.1. The number of fused-ring (bicyclic) bond motifs is 2. The minimum Gasteiger partial charge on any atom is -0.456 e. The van der Waals surface area contributed by atoms with E-state index in [0.717, 1.165) is 65.6 Å². The first kappa shape index (κ1) is 22.9. The van der Waals surface area contributed by atoms with E-state index in [2.05, 4.69) is 69.0 Å². The zero-order valence-corrected chi connectivity index (χ0v) is 20.0. The molecule has 33 heavy (non-hydrogen) atoms. The van der Waals surface area contributed by atoms with E-state index in [0.29, 0.717) is 5.56 Å². The van der Waals surface area contributed by atoms with E-state index in [4.69, 9.17) is 10.5 Å². The van der Waals surface area contributed by atoms with Crippen molar-refractivity contribution in [1.29, 1.82) is 0 Å². The van der Waals surface area contributed by atoms with Crippen LogP contribution in [0.2, 0.25) is 0 Å². The molecule has 0 radical (unpaired) electrons. The van der Waals surface area contributed by atoms with Crippen molar-refractivity contribution in [2.24, 2.45) is 5.73 Å². The fourth-order valence-electron chi connectivity index (χ4n) is 4.92. The summed E-state index contributed by atoms with van der Waals surface area (Å²) in [5, 5.41) is 0. The molecule has 1 aliphatic heterocycles. The first-order valence-corrected chi connectivity index (χ1v) is 12.0. The van der Waals surface area contributed by atoms with E-state index in [1.165, 1.54) is 4.90 Å². The first-order valence-electron chi connectivity index (χ1n) is 12.0. The van der Waals surface area contributed by atoms with E-state index >= 15 is 0 Å². The number of benzene rings is 2. The van der Waals surface area contributed by atoms with Crippen molar-refractivity contribution in [3.8, 4) is 5.75 Å².